The van der Waals surface area contributed by atoms with Crippen LogP contribution in [0, 0.1) is 0 Å². The minimum Gasteiger partial charge on any atom is -0.454 e. The molecule has 0 spiro atoms. The van der Waals surface area contributed by atoms with E-state index in [4.69, 9.17) is 9.47 Å². The number of amides is 1. The van der Waals surface area contributed by atoms with Gasteiger partial charge < -0.3 is 14.8 Å². The second kappa shape index (κ2) is 10.2. The summed E-state index contributed by atoms with van der Waals surface area (Å²) in [6, 6.07) is 19.4. The summed E-state index contributed by atoms with van der Waals surface area (Å²) < 4.78 is 12.9. The third-order valence-corrected chi connectivity index (χ3v) is 6.60. The van der Waals surface area contributed by atoms with Gasteiger partial charge >= 0.3 is 0 Å². The molecule has 0 saturated heterocycles. The molecule has 1 amide bonds. The number of ketones is 1. The van der Waals surface area contributed by atoms with Crippen LogP contribution >= 0.6 is 11.8 Å². The van der Waals surface area contributed by atoms with Gasteiger partial charge in [0.15, 0.2) is 22.4 Å². The van der Waals surface area contributed by atoms with E-state index in [-0.39, 0.29) is 24.2 Å². The van der Waals surface area contributed by atoms with E-state index in [0.717, 1.165) is 22.3 Å². The van der Waals surface area contributed by atoms with Crippen molar-refractivity contribution in [3.63, 3.8) is 0 Å². The average molecular weight is 489 g/mol. The molecule has 3 aromatic carbocycles. The number of thioether (sulfide) groups is 1. The van der Waals surface area contributed by atoms with Gasteiger partial charge in [-0.1, -0.05) is 48.2 Å². The number of aromatic nitrogens is 3. The Labute approximate surface area is 206 Å². The number of fused-ring (bicyclic) bond motifs is 2. The van der Waals surface area contributed by atoms with Crippen molar-refractivity contribution >= 4 is 34.2 Å². The van der Waals surface area contributed by atoms with Crippen LogP contribution < -0.4 is 14.8 Å². The van der Waals surface area contributed by atoms with E-state index < -0.39 is 0 Å². The van der Waals surface area contributed by atoms with Crippen molar-refractivity contribution in [3.8, 4) is 17.2 Å². The molecule has 0 radical (unpaired) electrons. The molecule has 1 aromatic heterocycles. The highest BCUT2D eigenvalue weighted by molar-refractivity contribution is 7.99. The number of rotatable bonds is 9. The smallest absolute Gasteiger partial charge is 0.231 e. The van der Waals surface area contributed by atoms with Gasteiger partial charge in [-0.25, -0.2) is 0 Å². The molecule has 5 rings (SSSR count). The van der Waals surface area contributed by atoms with E-state index >= 15 is 0 Å². The number of carbonyl (C=O) groups is 2. The summed E-state index contributed by atoms with van der Waals surface area (Å²) in [5, 5.41) is 14.3. The maximum Gasteiger partial charge on any atom is 0.231 e. The monoisotopic (exact) mass is 488 g/mol. The topological polar surface area (TPSA) is 95.3 Å². The number of nitrogens with one attached hydrogen (secondary N) is 1. The van der Waals surface area contributed by atoms with Crippen LogP contribution in [0.15, 0.2) is 65.8 Å². The maximum absolute atomic E-state index is 13.0. The first-order valence-corrected chi connectivity index (χ1v) is 12.3. The number of aryl methyl sites for hydroxylation is 1. The minimum absolute atomic E-state index is 0.0215. The molecule has 0 fully saturated rings. The normalized spacial score (nSPS) is 12.1. The summed E-state index contributed by atoms with van der Waals surface area (Å²) in [6.07, 6.45) is 1.32. The Hall–Kier alpha value is -3.85. The number of Topliss-reactive ketones (excluding diaryl/α,β-unsaturated/α-hetero) is 1. The van der Waals surface area contributed by atoms with Crippen molar-refractivity contribution in [2.24, 2.45) is 0 Å². The SMILES string of the molecule is CC(=O)NCCCc1nnc(SCC(=O)c2ccc3ccccc3c2)n1-c1ccc2c(c1)OCO2. The predicted octanol–water partition coefficient (Wildman–Crippen LogP) is 4.19. The second-order valence-corrected chi connectivity index (χ2v) is 9.07. The fraction of sp³-hybridized carbons (Fsp3) is 0.231. The van der Waals surface area contributed by atoms with E-state index in [1.54, 1.807) is 0 Å². The Morgan fingerprint density at radius 1 is 1.00 bits per heavy atom. The minimum atomic E-state index is -0.0642. The lowest BCUT2D eigenvalue weighted by molar-refractivity contribution is -0.118. The zero-order chi connectivity index (χ0) is 24.2. The van der Waals surface area contributed by atoms with Gasteiger partial charge in [0.1, 0.15) is 5.82 Å². The second-order valence-electron chi connectivity index (χ2n) is 8.13. The van der Waals surface area contributed by atoms with Gasteiger partial charge in [0.05, 0.1) is 11.4 Å². The molecular weight excluding hydrogens is 464 g/mol. The summed E-state index contributed by atoms with van der Waals surface area (Å²) >= 11 is 1.35. The lowest BCUT2D eigenvalue weighted by Crippen LogP contribution is -2.21. The van der Waals surface area contributed by atoms with Crippen molar-refractivity contribution in [2.75, 3.05) is 19.1 Å². The highest BCUT2D eigenvalue weighted by Crippen LogP contribution is 2.35. The number of benzene rings is 3. The lowest BCUT2D eigenvalue weighted by atomic mass is 10.1. The molecule has 1 aliphatic rings. The molecule has 4 aromatic rings. The lowest BCUT2D eigenvalue weighted by Gasteiger charge is -2.11. The third kappa shape index (κ3) is 5.14. The Morgan fingerprint density at radius 2 is 1.83 bits per heavy atom. The quantitative estimate of drug-likeness (QED) is 0.214. The fourth-order valence-electron chi connectivity index (χ4n) is 3.93. The molecule has 0 unspecified atom stereocenters. The van der Waals surface area contributed by atoms with Crippen LogP contribution in [0.25, 0.3) is 16.5 Å². The van der Waals surface area contributed by atoms with Crippen LogP contribution in [0.3, 0.4) is 0 Å². The number of hydrogen-bond donors (Lipinski definition) is 1. The number of nitrogens with zero attached hydrogens (tertiary/aromatic N) is 3. The first kappa shape index (κ1) is 22.9. The van der Waals surface area contributed by atoms with Gasteiger partial charge in [0, 0.05) is 31.5 Å². The van der Waals surface area contributed by atoms with Crippen LogP contribution in [0.4, 0.5) is 0 Å². The fourth-order valence-corrected chi connectivity index (χ4v) is 4.79. The van der Waals surface area contributed by atoms with Crippen LogP contribution in [0.2, 0.25) is 0 Å². The molecule has 1 aliphatic heterocycles. The van der Waals surface area contributed by atoms with E-state index in [9.17, 15) is 9.59 Å². The number of ether oxygens (including phenoxy) is 2. The largest absolute Gasteiger partial charge is 0.454 e. The molecule has 9 heteroatoms. The summed E-state index contributed by atoms with van der Waals surface area (Å²) in [4.78, 5) is 24.2. The van der Waals surface area contributed by atoms with Gasteiger partial charge in [0.2, 0.25) is 12.7 Å². The number of hydrogen-bond acceptors (Lipinski definition) is 7. The Kier molecular flexibility index (Phi) is 6.67. The van der Waals surface area contributed by atoms with Crippen LogP contribution in [-0.2, 0) is 11.2 Å². The molecule has 8 nitrogen and oxygen atoms in total. The Bertz CT molecular complexity index is 1400. The average Bonchev–Trinajstić information content (AvgIpc) is 3.51. The first-order chi connectivity index (χ1) is 17.1. The Morgan fingerprint density at radius 3 is 2.69 bits per heavy atom. The molecule has 0 saturated carbocycles. The highest BCUT2D eigenvalue weighted by atomic mass is 32.2. The van der Waals surface area contributed by atoms with E-state index in [1.165, 1.54) is 18.7 Å². The molecule has 178 valence electrons. The molecule has 0 atom stereocenters. The van der Waals surface area contributed by atoms with Crippen molar-refractivity contribution in [1.82, 2.24) is 20.1 Å². The highest BCUT2D eigenvalue weighted by Gasteiger charge is 2.20. The summed E-state index contributed by atoms with van der Waals surface area (Å²) in [5.41, 5.74) is 1.50. The van der Waals surface area contributed by atoms with Gasteiger partial charge in [-0.15, -0.1) is 10.2 Å². The maximum atomic E-state index is 13.0. The van der Waals surface area contributed by atoms with Crippen LogP contribution in [0.5, 0.6) is 11.5 Å². The first-order valence-electron chi connectivity index (χ1n) is 11.3. The van der Waals surface area contributed by atoms with Gasteiger partial charge in [-0.3, -0.25) is 14.2 Å². The van der Waals surface area contributed by atoms with Crippen molar-refractivity contribution in [3.05, 3.63) is 72.1 Å². The van der Waals surface area contributed by atoms with Crippen LogP contribution in [0.1, 0.15) is 29.5 Å². The molecule has 1 N–H and O–H groups in total. The third-order valence-electron chi connectivity index (χ3n) is 5.67. The standard InChI is InChI=1S/C26H24N4O4S/c1-17(31)27-12-4-7-25-28-29-26(30(25)21-10-11-23-24(14-21)34-16-33-23)35-15-22(32)20-9-8-18-5-2-3-6-19(18)13-20/h2-3,5-6,8-11,13-14H,4,7,12,15-16H2,1H3,(H,27,31). The molecule has 0 aliphatic carbocycles. The van der Waals surface area contributed by atoms with Crippen LogP contribution in [-0.4, -0.2) is 45.5 Å². The summed E-state index contributed by atoms with van der Waals surface area (Å²) in [5.74, 6) is 2.28. The van der Waals surface area contributed by atoms with Gasteiger partial charge in [-0.05, 0) is 35.4 Å². The van der Waals surface area contributed by atoms with Crippen molar-refractivity contribution < 1.29 is 19.1 Å². The zero-order valence-corrected chi connectivity index (χ0v) is 20.0. The zero-order valence-electron chi connectivity index (χ0n) is 19.2. The van der Waals surface area contributed by atoms with Crippen molar-refractivity contribution in [2.45, 2.75) is 24.9 Å². The summed E-state index contributed by atoms with van der Waals surface area (Å²) in [6.45, 7) is 2.23. The molecule has 0 bridgehead atoms. The molecule has 35 heavy (non-hydrogen) atoms. The molecule has 2 heterocycles. The molecular formula is C26H24N4O4S. The Balaban J connectivity index is 1.37. The van der Waals surface area contributed by atoms with E-state index in [0.29, 0.717) is 41.6 Å². The van der Waals surface area contributed by atoms with E-state index in [2.05, 4.69) is 15.5 Å². The predicted molar refractivity (Wildman–Crippen MR) is 133 cm³/mol. The summed E-state index contributed by atoms with van der Waals surface area (Å²) in [7, 11) is 0. The van der Waals surface area contributed by atoms with Gasteiger partial charge in [-0.2, -0.15) is 0 Å². The number of carbonyl (C=O) groups excluding carboxylic acids is 2. The van der Waals surface area contributed by atoms with E-state index in [1.807, 2.05) is 65.2 Å². The van der Waals surface area contributed by atoms with Crippen molar-refractivity contribution in [1.29, 1.82) is 0 Å². The van der Waals surface area contributed by atoms with Gasteiger partial charge in [0.25, 0.3) is 0 Å².